The average Bonchev–Trinajstić information content (AvgIpc) is 3.62. The molecule has 2 aromatic heterocycles. The second kappa shape index (κ2) is 19.0. The third-order valence-corrected chi connectivity index (χ3v) is 7.70. The molecule has 1 saturated heterocycles. The van der Waals surface area contributed by atoms with Gasteiger partial charge in [0.05, 0.1) is 52.9 Å². The number of nitrogens with zero attached hydrogens (tertiary/aromatic N) is 2. The zero-order valence-electron chi connectivity index (χ0n) is 27.3. The SMILES string of the molecule is F[P-](F)(F)(F)(F)F.[K+].c1ccc2c(CCN3CCOCCOCCN(CCc4c[nH]c5ccccc45)CCOCCOCC3)c[nH]c2c1. The van der Waals surface area contributed by atoms with Crippen LogP contribution in [0.5, 0.6) is 0 Å². The Kier molecular flexibility index (Phi) is 16.3. The molecule has 264 valence electrons. The number of hydrogen-bond acceptors (Lipinski definition) is 6. The Bertz CT molecular complexity index is 1380. The molecule has 4 aromatic rings. The molecule has 48 heavy (non-hydrogen) atoms. The van der Waals surface area contributed by atoms with Crippen molar-refractivity contribution >= 4 is 29.6 Å². The standard InChI is InChI=1S/C32H44N4O4.F6P.K/c1-3-7-31-29(5-1)27(25-33-31)9-11-35-13-17-37-21-23-39-19-15-36(16-20-40-24-22-38-18-14-35)12-10-28-26-34-32-8-4-2-6-30(28)32;1-7(2,3,4,5)6;/h1-8,25-26,33-34H,9-24H2;;/q;-1;+1. The van der Waals surface area contributed by atoms with Crippen molar-refractivity contribution < 1.29 is 95.5 Å². The van der Waals surface area contributed by atoms with Gasteiger partial charge < -0.3 is 28.9 Å². The zero-order chi connectivity index (χ0) is 33.7. The molecule has 2 N–H and O–H groups in total. The van der Waals surface area contributed by atoms with E-state index in [1.54, 1.807) is 0 Å². The van der Waals surface area contributed by atoms with E-state index in [0.29, 0.717) is 52.9 Å². The smallest absolute Gasteiger partial charge is 0.378 e. The van der Waals surface area contributed by atoms with Crippen LogP contribution in [0.2, 0.25) is 0 Å². The Hall–Kier alpha value is -1.07. The number of ether oxygens (including phenoxy) is 4. The van der Waals surface area contributed by atoms with Gasteiger partial charge in [-0.15, -0.1) is 0 Å². The molecular weight excluding hydrogens is 688 g/mol. The first-order valence-corrected chi connectivity index (χ1v) is 17.8. The van der Waals surface area contributed by atoms with Crippen molar-refractivity contribution in [2.45, 2.75) is 12.8 Å². The fraction of sp³-hybridized carbons (Fsp3) is 0.500. The molecule has 1 aliphatic rings. The second-order valence-electron chi connectivity index (χ2n) is 11.3. The summed E-state index contributed by atoms with van der Waals surface area (Å²) >= 11 is 0. The predicted octanol–water partition coefficient (Wildman–Crippen LogP) is 4.50. The molecule has 8 nitrogen and oxygen atoms in total. The van der Waals surface area contributed by atoms with Gasteiger partial charge in [0.15, 0.2) is 0 Å². The van der Waals surface area contributed by atoms with Gasteiger partial charge in [0.25, 0.3) is 0 Å². The Morgan fingerprint density at radius 2 is 0.833 bits per heavy atom. The Morgan fingerprint density at radius 1 is 0.521 bits per heavy atom. The molecule has 0 unspecified atom stereocenters. The number of rotatable bonds is 6. The summed E-state index contributed by atoms with van der Waals surface area (Å²) in [6.45, 7) is 10.7. The van der Waals surface area contributed by atoms with Crippen LogP contribution in [0.3, 0.4) is 0 Å². The molecular formula is C32H44F6KN4O4P. The second-order valence-corrected chi connectivity index (χ2v) is 13.2. The molecule has 0 bridgehead atoms. The molecule has 1 aliphatic heterocycles. The van der Waals surface area contributed by atoms with Crippen molar-refractivity contribution in [2.24, 2.45) is 0 Å². The third kappa shape index (κ3) is 17.2. The molecule has 0 radical (unpaired) electrons. The van der Waals surface area contributed by atoms with E-state index < -0.39 is 7.81 Å². The van der Waals surface area contributed by atoms with Crippen LogP contribution in [-0.4, -0.2) is 112 Å². The fourth-order valence-corrected chi connectivity index (χ4v) is 5.32. The van der Waals surface area contributed by atoms with Crippen LogP contribution in [0.25, 0.3) is 21.8 Å². The molecule has 5 rings (SSSR count). The average molecular weight is 733 g/mol. The van der Waals surface area contributed by atoms with Crippen LogP contribution in [0, 0.1) is 0 Å². The quantitative estimate of drug-likeness (QED) is 0.173. The van der Waals surface area contributed by atoms with Gasteiger partial charge >= 0.3 is 84.4 Å². The molecule has 1 fully saturated rings. The number of halogens is 6. The van der Waals surface area contributed by atoms with Crippen molar-refractivity contribution in [3.05, 3.63) is 72.1 Å². The van der Waals surface area contributed by atoms with Crippen molar-refractivity contribution in [2.75, 3.05) is 92.1 Å². The number of aromatic amines is 2. The maximum absolute atomic E-state index is 10.7. The minimum Gasteiger partial charge on any atom is -0.378 e. The predicted molar refractivity (Wildman–Crippen MR) is 174 cm³/mol. The van der Waals surface area contributed by atoms with E-state index >= 15 is 0 Å². The molecule has 0 saturated carbocycles. The maximum atomic E-state index is 9.87. The molecule has 0 amide bonds. The summed E-state index contributed by atoms with van der Waals surface area (Å²) in [4.78, 5) is 11.6. The van der Waals surface area contributed by atoms with Crippen molar-refractivity contribution in [3.63, 3.8) is 0 Å². The van der Waals surface area contributed by atoms with E-state index in [1.807, 2.05) is 0 Å². The summed E-state index contributed by atoms with van der Waals surface area (Å²) in [5.41, 5.74) is 5.10. The number of H-pyrrole nitrogens is 2. The van der Waals surface area contributed by atoms with Gasteiger partial charge in [-0.25, -0.2) is 0 Å². The number of nitrogens with one attached hydrogen (secondary N) is 2. The Labute approximate surface area is 319 Å². The van der Waals surface area contributed by atoms with Gasteiger partial charge in [-0.1, -0.05) is 36.4 Å². The van der Waals surface area contributed by atoms with Crippen LogP contribution >= 0.6 is 7.81 Å². The first kappa shape index (κ1) is 41.3. The van der Waals surface area contributed by atoms with Gasteiger partial charge in [0, 0.05) is 73.5 Å². The molecule has 0 spiro atoms. The van der Waals surface area contributed by atoms with E-state index in [0.717, 1.165) is 52.1 Å². The van der Waals surface area contributed by atoms with E-state index in [9.17, 15) is 25.2 Å². The van der Waals surface area contributed by atoms with Gasteiger partial charge in [-0.05, 0) is 36.1 Å². The number of benzene rings is 2. The van der Waals surface area contributed by atoms with E-state index in [2.05, 4.69) is 80.7 Å². The van der Waals surface area contributed by atoms with Crippen molar-refractivity contribution in [1.29, 1.82) is 0 Å². The summed E-state index contributed by atoms with van der Waals surface area (Å²) in [7, 11) is -10.7. The minimum absolute atomic E-state index is 0. The Morgan fingerprint density at radius 3 is 1.17 bits per heavy atom. The summed E-state index contributed by atoms with van der Waals surface area (Å²) in [6, 6.07) is 17.0. The van der Waals surface area contributed by atoms with E-state index in [-0.39, 0.29) is 51.4 Å². The maximum Gasteiger partial charge on any atom is 1.00 e. The number of para-hydroxylation sites is 2. The summed E-state index contributed by atoms with van der Waals surface area (Å²) in [5, 5.41) is 2.62. The van der Waals surface area contributed by atoms with Crippen molar-refractivity contribution in [1.82, 2.24) is 19.8 Å². The summed E-state index contributed by atoms with van der Waals surface area (Å²) in [6.07, 6.45) is 6.26. The van der Waals surface area contributed by atoms with Gasteiger partial charge in [-0.2, -0.15) is 0 Å². The zero-order valence-corrected chi connectivity index (χ0v) is 31.3. The minimum atomic E-state index is -10.7. The number of fused-ring (bicyclic) bond motifs is 2. The normalized spacial score (nSPS) is 18.9. The third-order valence-electron chi connectivity index (χ3n) is 7.70. The van der Waals surface area contributed by atoms with Crippen molar-refractivity contribution in [3.8, 4) is 0 Å². The van der Waals surface area contributed by atoms with E-state index in [4.69, 9.17) is 18.9 Å². The molecule has 0 atom stereocenters. The molecule has 3 heterocycles. The van der Waals surface area contributed by atoms with Gasteiger partial charge in [0.2, 0.25) is 0 Å². The van der Waals surface area contributed by atoms with Crippen LogP contribution in [-0.2, 0) is 31.8 Å². The van der Waals surface area contributed by atoms with Crippen LogP contribution in [0.4, 0.5) is 25.2 Å². The van der Waals surface area contributed by atoms with Crippen LogP contribution < -0.4 is 51.4 Å². The Balaban J connectivity index is 0.000000706. The summed E-state index contributed by atoms with van der Waals surface area (Å²) < 4.78 is 82.9. The molecule has 0 aliphatic carbocycles. The topological polar surface area (TPSA) is 75.0 Å². The van der Waals surface area contributed by atoms with Crippen LogP contribution in [0.1, 0.15) is 11.1 Å². The van der Waals surface area contributed by atoms with Gasteiger partial charge in [0.1, 0.15) is 0 Å². The molecule has 2 aromatic carbocycles. The monoisotopic (exact) mass is 732 g/mol. The largest absolute Gasteiger partial charge is 1.00 e. The summed E-state index contributed by atoms with van der Waals surface area (Å²) in [5.74, 6) is 0. The van der Waals surface area contributed by atoms with Gasteiger partial charge in [-0.3, -0.25) is 9.80 Å². The van der Waals surface area contributed by atoms with E-state index in [1.165, 1.54) is 32.9 Å². The number of aromatic nitrogens is 2. The fourth-order valence-electron chi connectivity index (χ4n) is 5.32. The number of hydrogen-bond donors (Lipinski definition) is 2. The first-order valence-electron chi connectivity index (χ1n) is 15.7. The molecule has 16 heteroatoms. The first-order chi connectivity index (χ1) is 22.3. The van der Waals surface area contributed by atoms with Crippen LogP contribution in [0.15, 0.2) is 60.9 Å².